The molecule has 1 fully saturated rings. The molecule has 1 aliphatic rings. The lowest BCUT2D eigenvalue weighted by Gasteiger charge is -2.11. The van der Waals surface area contributed by atoms with Crippen molar-refractivity contribution in [3.63, 3.8) is 0 Å². The summed E-state index contributed by atoms with van der Waals surface area (Å²) in [4.78, 5) is 4.24. The number of halogens is 1. The van der Waals surface area contributed by atoms with Gasteiger partial charge >= 0.3 is 0 Å². The van der Waals surface area contributed by atoms with E-state index in [1.807, 2.05) is 12.1 Å². The SMILES string of the molecule is OC1CCC(CNc2ccc(Br)cn2)C1. The van der Waals surface area contributed by atoms with E-state index >= 15 is 0 Å². The summed E-state index contributed by atoms with van der Waals surface area (Å²) in [5.41, 5.74) is 0. The molecule has 1 saturated carbocycles. The van der Waals surface area contributed by atoms with E-state index < -0.39 is 0 Å². The molecule has 1 aromatic heterocycles. The number of hydrogen-bond acceptors (Lipinski definition) is 3. The molecule has 0 bridgehead atoms. The summed E-state index contributed by atoms with van der Waals surface area (Å²) in [6, 6.07) is 3.92. The first-order valence-corrected chi connectivity index (χ1v) is 6.07. The molecule has 0 saturated heterocycles. The number of anilines is 1. The van der Waals surface area contributed by atoms with Crippen molar-refractivity contribution < 1.29 is 5.11 Å². The van der Waals surface area contributed by atoms with Crippen molar-refractivity contribution in [1.82, 2.24) is 4.98 Å². The summed E-state index contributed by atoms with van der Waals surface area (Å²) in [6.45, 7) is 0.908. The van der Waals surface area contributed by atoms with Gasteiger partial charge in [0.2, 0.25) is 0 Å². The number of aliphatic hydroxyl groups is 1. The maximum Gasteiger partial charge on any atom is 0.125 e. The van der Waals surface area contributed by atoms with Crippen molar-refractivity contribution >= 4 is 21.7 Å². The van der Waals surface area contributed by atoms with Gasteiger partial charge in [0, 0.05) is 17.2 Å². The minimum Gasteiger partial charge on any atom is -0.393 e. The second kappa shape index (κ2) is 4.94. The van der Waals surface area contributed by atoms with Crippen molar-refractivity contribution in [2.75, 3.05) is 11.9 Å². The molecule has 2 atom stereocenters. The molecule has 15 heavy (non-hydrogen) atoms. The lowest BCUT2D eigenvalue weighted by atomic mass is 10.1. The summed E-state index contributed by atoms with van der Waals surface area (Å²) >= 11 is 3.35. The van der Waals surface area contributed by atoms with E-state index in [2.05, 4.69) is 26.2 Å². The third-order valence-electron chi connectivity index (χ3n) is 2.81. The van der Waals surface area contributed by atoms with Gasteiger partial charge < -0.3 is 10.4 Å². The molecule has 0 amide bonds. The van der Waals surface area contributed by atoms with Crippen LogP contribution in [0.1, 0.15) is 19.3 Å². The fourth-order valence-corrected chi connectivity index (χ4v) is 2.20. The molecule has 2 rings (SSSR count). The molecule has 1 heterocycles. The molecule has 4 heteroatoms. The third-order valence-corrected chi connectivity index (χ3v) is 3.28. The zero-order chi connectivity index (χ0) is 10.7. The number of aliphatic hydroxyl groups excluding tert-OH is 1. The smallest absolute Gasteiger partial charge is 0.125 e. The molecule has 82 valence electrons. The molecule has 0 radical (unpaired) electrons. The van der Waals surface area contributed by atoms with Gasteiger partial charge in [0.1, 0.15) is 5.82 Å². The molecule has 3 nitrogen and oxygen atoms in total. The van der Waals surface area contributed by atoms with Gasteiger partial charge in [-0.2, -0.15) is 0 Å². The number of nitrogens with one attached hydrogen (secondary N) is 1. The molecule has 1 aliphatic carbocycles. The first-order chi connectivity index (χ1) is 7.24. The van der Waals surface area contributed by atoms with Crippen molar-refractivity contribution in [2.45, 2.75) is 25.4 Å². The van der Waals surface area contributed by atoms with Crippen LogP contribution in [-0.2, 0) is 0 Å². The molecule has 2 N–H and O–H groups in total. The van der Waals surface area contributed by atoms with Crippen LogP contribution in [0.15, 0.2) is 22.8 Å². The number of hydrogen-bond donors (Lipinski definition) is 2. The minimum absolute atomic E-state index is 0.0883. The summed E-state index contributed by atoms with van der Waals surface area (Å²) in [5.74, 6) is 1.49. The number of nitrogens with zero attached hydrogens (tertiary/aromatic N) is 1. The first-order valence-electron chi connectivity index (χ1n) is 5.27. The van der Waals surface area contributed by atoms with Gasteiger partial charge in [-0.1, -0.05) is 0 Å². The molecule has 2 unspecified atom stereocenters. The van der Waals surface area contributed by atoms with E-state index in [0.717, 1.165) is 36.1 Å². The van der Waals surface area contributed by atoms with Gasteiger partial charge in [-0.05, 0) is 53.2 Å². The Morgan fingerprint density at radius 1 is 1.47 bits per heavy atom. The molecule has 0 spiro atoms. The van der Waals surface area contributed by atoms with Gasteiger partial charge in [0.25, 0.3) is 0 Å². The Morgan fingerprint density at radius 3 is 2.93 bits per heavy atom. The average Bonchev–Trinajstić information content (AvgIpc) is 2.64. The fraction of sp³-hybridized carbons (Fsp3) is 0.545. The summed E-state index contributed by atoms with van der Waals surface area (Å²) in [6.07, 6.45) is 4.68. The molecular weight excluding hydrogens is 256 g/mol. The standard InChI is InChI=1S/C11H15BrN2O/c12-9-2-4-11(14-7-9)13-6-8-1-3-10(15)5-8/h2,4,7-8,10,15H,1,3,5-6H2,(H,13,14). The topological polar surface area (TPSA) is 45.1 Å². The van der Waals surface area contributed by atoms with E-state index in [9.17, 15) is 5.11 Å². The van der Waals surface area contributed by atoms with E-state index in [1.54, 1.807) is 6.20 Å². The Balaban J connectivity index is 1.80. The highest BCUT2D eigenvalue weighted by molar-refractivity contribution is 9.10. The van der Waals surface area contributed by atoms with E-state index in [0.29, 0.717) is 5.92 Å². The van der Waals surface area contributed by atoms with Crippen LogP contribution in [0.5, 0.6) is 0 Å². The molecule has 1 aromatic rings. The third kappa shape index (κ3) is 3.18. The van der Waals surface area contributed by atoms with Gasteiger partial charge in [-0.3, -0.25) is 0 Å². The van der Waals surface area contributed by atoms with E-state index in [1.165, 1.54) is 0 Å². The van der Waals surface area contributed by atoms with Crippen molar-refractivity contribution in [2.24, 2.45) is 5.92 Å². The highest BCUT2D eigenvalue weighted by Crippen LogP contribution is 2.25. The second-order valence-corrected chi connectivity index (χ2v) is 4.99. The van der Waals surface area contributed by atoms with Crippen LogP contribution in [0.4, 0.5) is 5.82 Å². The van der Waals surface area contributed by atoms with Crippen molar-refractivity contribution in [1.29, 1.82) is 0 Å². The first kappa shape index (κ1) is 10.9. The molecule has 0 aliphatic heterocycles. The Hall–Kier alpha value is -0.610. The predicted octanol–water partition coefficient (Wildman–Crippen LogP) is 2.42. The Kier molecular flexibility index (Phi) is 3.59. The highest BCUT2D eigenvalue weighted by Gasteiger charge is 2.22. The monoisotopic (exact) mass is 270 g/mol. The van der Waals surface area contributed by atoms with Crippen LogP contribution in [0.3, 0.4) is 0 Å². The van der Waals surface area contributed by atoms with Crippen LogP contribution >= 0.6 is 15.9 Å². The summed E-state index contributed by atoms with van der Waals surface area (Å²) in [7, 11) is 0. The molecular formula is C11H15BrN2O. The Morgan fingerprint density at radius 2 is 2.33 bits per heavy atom. The summed E-state index contributed by atoms with van der Waals surface area (Å²) in [5, 5.41) is 12.7. The maximum atomic E-state index is 9.38. The van der Waals surface area contributed by atoms with Crippen LogP contribution < -0.4 is 5.32 Å². The fourth-order valence-electron chi connectivity index (χ4n) is 1.96. The lowest BCUT2D eigenvalue weighted by Crippen LogP contribution is -2.13. The largest absolute Gasteiger partial charge is 0.393 e. The average molecular weight is 271 g/mol. The van der Waals surface area contributed by atoms with Gasteiger partial charge in [0.05, 0.1) is 6.10 Å². The van der Waals surface area contributed by atoms with Gasteiger partial charge in [0.15, 0.2) is 0 Å². The van der Waals surface area contributed by atoms with Crippen LogP contribution in [0, 0.1) is 5.92 Å². The quantitative estimate of drug-likeness (QED) is 0.887. The predicted molar refractivity (Wildman–Crippen MR) is 63.8 cm³/mol. The van der Waals surface area contributed by atoms with Crippen molar-refractivity contribution in [3.8, 4) is 0 Å². The molecule has 0 aromatic carbocycles. The van der Waals surface area contributed by atoms with Crippen LogP contribution in [0.2, 0.25) is 0 Å². The lowest BCUT2D eigenvalue weighted by molar-refractivity contribution is 0.178. The Bertz CT molecular complexity index is 315. The van der Waals surface area contributed by atoms with Gasteiger partial charge in [-0.25, -0.2) is 4.98 Å². The Labute approximate surface area is 98.0 Å². The maximum absolute atomic E-state index is 9.38. The highest BCUT2D eigenvalue weighted by atomic mass is 79.9. The minimum atomic E-state index is -0.0883. The zero-order valence-corrected chi connectivity index (χ0v) is 10.1. The van der Waals surface area contributed by atoms with Crippen molar-refractivity contribution in [3.05, 3.63) is 22.8 Å². The summed E-state index contributed by atoms with van der Waals surface area (Å²) < 4.78 is 0.990. The number of pyridine rings is 1. The normalized spacial score (nSPS) is 25.5. The van der Waals surface area contributed by atoms with Crippen LogP contribution in [0.25, 0.3) is 0 Å². The van der Waals surface area contributed by atoms with E-state index in [4.69, 9.17) is 0 Å². The van der Waals surface area contributed by atoms with Crippen LogP contribution in [-0.4, -0.2) is 22.7 Å². The zero-order valence-electron chi connectivity index (χ0n) is 8.49. The second-order valence-electron chi connectivity index (χ2n) is 4.08. The number of rotatable bonds is 3. The van der Waals surface area contributed by atoms with Gasteiger partial charge in [-0.15, -0.1) is 0 Å². The number of aromatic nitrogens is 1. The van der Waals surface area contributed by atoms with E-state index in [-0.39, 0.29) is 6.10 Å².